The number of fused-ring (bicyclic) bond motifs is 2. The predicted octanol–water partition coefficient (Wildman–Crippen LogP) is 2.90. The number of carboxylic acids is 1. The van der Waals surface area contributed by atoms with E-state index in [9.17, 15) is 14.4 Å². The van der Waals surface area contributed by atoms with Gasteiger partial charge in [-0.05, 0) is 51.8 Å². The van der Waals surface area contributed by atoms with Crippen LogP contribution in [-0.4, -0.2) is 23.0 Å². The zero-order chi connectivity index (χ0) is 20.0. The third-order valence-electron chi connectivity index (χ3n) is 5.03. The summed E-state index contributed by atoms with van der Waals surface area (Å²) in [7, 11) is 0. The number of carboxylic acid groups (broad SMARTS) is 1. The van der Waals surface area contributed by atoms with E-state index in [0.29, 0.717) is 16.7 Å². The minimum absolute atomic E-state index is 0.217. The Morgan fingerprint density at radius 1 is 1.04 bits per heavy atom. The SMILES string of the molecule is Cc1oc2c(C)c3oc(=O)c(CC(=O)NC(C)C(=O)O)c(C)c3cc2c1C. The van der Waals surface area contributed by atoms with Crippen LogP contribution >= 0.6 is 0 Å². The summed E-state index contributed by atoms with van der Waals surface area (Å²) in [6, 6.07) is 0.868. The van der Waals surface area contributed by atoms with Crippen LogP contribution in [0, 0.1) is 27.7 Å². The Morgan fingerprint density at radius 2 is 1.63 bits per heavy atom. The van der Waals surface area contributed by atoms with Crippen molar-refractivity contribution in [1.82, 2.24) is 5.32 Å². The molecule has 7 nitrogen and oxygen atoms in total. The minimum Gasteiger partial charge on any atom is -0.480 e. The number of nitrogens with one attached hydrogen (secondary N) is 1. The highest BCUT2D eigenvalue weighted by Crippen LogP contribution is 2.34. The van der Waals surface area contributed by atoms with Crippen LogP contribution in [0.15, 0.2) is 19.7 Å². The fourth-order valence-electron chi connectivity index (χ4n) is 3.21. The fourth-order valence-corrected chi connectivity index (χ4v) is 3.21. The van der Waals surface area contributed by atoms with Crippen LogP contribution in [0.1, 0.15) is 34.9 Å². The molecule has 1 atom stereocenters. The quantitative estimate of drug-likeness (QED) is 0.683. The zero-order valence-electron chi connectivity index (χ0n) is 15.9. The van der Waals surface area contributed by atoms with Crippen LogP contribution < -0.4 is 10.9 Å². The van der Waals surface area contributed by atoms with Gasteiger partial charge in [0.25, 0.3) is 0 Å². The molecule has 0 fully saturated rings. The number of carbonyl (C=O) groups is 2. The Bertz CT molecular complexity index is 1150. The van der Waals surface area contributed by atoms with Gasteiger partial charge in [0.05, 0.1) is 12.0 Å². The summed E-state index contributed by atoms with van der Waals surface area (Å²) in [6.07, 6.45) is -0.248. The number of furan rings is 1. The number of benzene rings is 1. The van der Waals surface area contributed by atoms with Crippen LogP contribution in [0.4, 0.5) is 0 Å². The highest BCUT2D eigenvalue weighted by Gasteiger charge is 2.21. The van der Waals surface area contributed by atoms with Crippen molar-refractivity contribution in [2.75, 3.05) is 0 Å². The Labute approximate surface area is 155 Å². The molecular formula is C20H21NO6. The summed E-state index contributed by atoms with van der Waals surface area (Å²) < 4.78 is 11.3. The predicted molar refractivity (Wildman–Crippen MR) is 100 cm³/mol. The first kappa shape index (κ1) is 18.7. The Balaban J connectivity index is 2.14. The largest absolute Gasteiger partial charge is 0.480 e. The highest BCUT2D eigenvalue weighted by molar-refractivity contribution is 6.00. The molecule has 142 valence electrons. The van der Waals surface area contributed by atoms with Crippen molar-refractivity contribution in [3.63, 3.8) is 0 Å². The lowest BCUT2D eigenvalue weighted by molar-refractivity contribution is -0.141. The number of amides is 1. The van der Waals surface area contributed by atoms with Gasteiger partial charge < -0.3 is 19.3 Å². The molecular weight excluding hydrogens is 350 g/mol. The molecule has 0 aliphatic carbocycles. The number of carbonyl (C=O) groups excluding carboxylic acids is 1. The molecule has 2 N–H and O–H groups in total. The summed E-state index contributed by atoms with van der Waals surface area (Å²) in [6.45, 7) is 8.79. The van der Waals surface area contributed by atoms with Gasteiger partial charge in [0, 0.05) is 16.3 Å². The van der Waals surface area contributed by atoms with Crippen molar-refractivity contribution in [1.29, 1.82) is 0 Å². The molecule has 0 bridgehead atoms. The number of aliphatic carboxylic acids is 1. The lowest BCUT2D eigenvalue weighted by Crippen LogP contribution is -2.39. The molecule has 3 rings (SSSR count). The molecule has 27 heavy (non-hydrogen) atoms. The topological polar surface area (TPSA) is 110 Å². The molecule has 2 heterocycles. The monoisotopic (exact) mass is 371 g/mol. The summed E-state index contributed by atoms with van der Waals surface area (Å²) in [5, 5.41) is 12.9. The van der Waals surface area contributed by atoms with Crippen molar-refractivity contribution in [2.24, 2.45) is 0 Å². The first-order valence-corrected chi connectivity index (χ1v) is 8.59. The van der Waals surface area contributed by atoms with Gasteiger partial charge in [-0.1, -0.05) is 0 Å². The van der Waals surface area contributed by atoms with E-state index >= 15 is 0 Å². The van der Waals surface area contributed by atoms with Gasteiger partial charge >= 0.3 is 11.6 Å². The van der Waals surface area contributed by atoms with Gasteiger partial charge in [0.15, 0.2) is 0 Å². The normalized spacial score (nSPS) is 12.5. The second-order valence-electron chi connectivity index (χ2n) is 6.84. The van der Waals surface area contributed by atoms with Crippen molar-refractivity contribution in [3.8, 4) is 0 Å². The number of hydrogen-bond acceptors (Lipinski definition) is 5. The van der Waals surface area contributed by atoms with Gasteiger partial charge in [0.1, 0.15) is 23.0 Å². The van der Waals surface area contributed by atoms with Crippen LogP contribution in [0.3, 0.4) is 0 Å². The maximum absolute atomic E-state index is 12.5. The lowest BCUT2D eigenvalue weighted by atomic mass is 9.98. The molecule has 1 aromatic carbocycles. The first-order chi connectivity index (χ1) is 12.6. The molecule has 1 unspecified atom stereocenters. The van der Waals surface area contributed by atoms with E-state index in [1.807, 2.05) is 26.8 Å². The van der Waals surface area contributed by atoms with Gasteiger partial charge in [-0.2, -0.15) is 0 Å². The van der Waals surface area contributed by atoms with Gasteiger partial charge in [-0.15, -0.1) is 0 Å². The zero-order valence-corrected chi connectivity index (χ0v) is 15.9. The molecule has 1 amide bonds. The molecule has 0 saturated heterocycles. The van der Waals surface area contributed by atoms with E-state index < -0.39 is 23.5 Å². The van der Waals surface area contributed by atoms with Crippen LogP contribution in [0.5, 0.6) is 0 Å². The Morgan fingerprint density at radius 3 is 2.26 bits per heavy atom. The third-order valence-corrected chi connectivity index (χ3v) is 5.03. The van der Waals surface area contributed by atoms with E-state index in [0.717, 1.165) is 27.7 Å². The van der Waals surface area contributed by atoms with Crippen LogP contribution in [0.2, 0.25) is 0 Å². The van der Waals surface area contributed by atoms with Crippen molar-refractivity contribution < 1.29 is 23.5 Å². The second kappa shape index (κ2) is 6.57. The van der Waals surface area contributed by atoms with E-state index in [4.69, 9.17) is 13.9 Å². The summed E-state index contributed by atoms with van der Waals surface area (Å²) >= 11 is 0. The van der Waals surface area contributed by atoms with Crippen LogP contribution in [-0.2, 0) is 16.0 Å². The van der Waals surface area contributed by atoms with E-state index in [2.05, 4.69) is 5.32 Å². The molecule has 0 radical (unpaired) electrons. The van der Waals surface area contributed by atoms with Crippen LogP contribution in [0.25, 0.3) is 21.9 Å². The standard InChI is InChI=1S/C20H21NO6/c1-8-12(5)26-17-10(3)18-14(6-13(8)17)9(2)15(20(25)27-18)7-16(22)21-11(4)19(23)24/h6,11H,7H2,1-5H3,(H,21,22)(H,23,24). The average Bonchev–Trinajstić information content (AvgIpc) is 2.88. The Kier molecular flexibility index (Phi) is 4.55. The summed E-state index contributed by atoms with van der Waals surface area (Å²) in [4.78, 5) is 35.5. The van der Waals surface area contributed by atoms with Crippen molar-refractivity contribution in [3.05, 3.63) is 44.5 Å². The molecule has 0 aliphatic heterocycles. The molecule has 7 heteroatoms. The number of rotatable bonds is 4. The third kappa shape index (κ3) is 3.09. The highest BCUT2D eigenvalue weighted by atomic mass is 16.4. The molecule has 0 saturated carbocycles. The van der Waals surface area contributed by atoms with E-state index in [1.54, 1.807) is 6.92 Å². The molecule has 3 aromatic rings. The lowest BCUT2D eigenvalue weighted by Gasteiger charge is -2.12. The van der Waals surface area contributed by atoms with Crippen molar-refractivity contribution >= 4 is 33.8 Å². The maximum atomic E-state index is 12.5. The minimum atomic E-state index is -1.14. The number of hydrogen-bond donors (Lipinski definition) is 2. The van der Waals surface area contributed by atoms with Gasteiger partial charge in [0.2, 0.25) is 5.91 Å². The second-order valence-corrected chi connectivity index (χ2v) is 6.84. The Hall–Kier alpha value is -3.09. The molecule has 0 spiro atoms. The smallest absolute Gasteiger partial charge is 0.340 e. The van der Waals surface area contributed by atoms with Gasteiger partial charge in [-0.25, -0.2) is 4.79 Å². The average molecular weight is 371 g/mol. The van der Waals surface area contributed by atoms with Gasteiger partial charge in [-0.3, -0.25) is 9.59 Å². The first-order valence-electron chi connectivity index (χ1n) is 8.59. The summed E-state index contributed by atoms with van der Waals surface area (Å²) in [5.74, 6) is -0.895. The number of aryl methyl sites for hydroxylation is 4. The van der Waals surface area contributed by atoms with E-state index in [-0.39, 0.29) is 12.0 Å². The van der Waals surface area contributed by atoms with Crippen molar-refractivity contribution in [2.45, 2.75) is 47.1 Å². The maximum Gasteiger partial charge on any atom is 0.340 e. The fraction of sp³-hybridized carbons (Fsp3) is 0.350. The van der Waals surface area contributed by atoms with E-state index in [1.165, 1.54) is 6.92 Å². The molecule has 2 aromatic heterocycles. The summed E-state index contributed by atoms with van der Waals surface area (Å²) in [5.41, 5.74) is 3.10. The molecule has 0 aliphatic rings.